The third-order valence-corrected chi connectivity index (χ3v) is 5.96. The van der Waals surface area contributed by atoms with Crippen molar-refractivity contribution in [3.63, 3.8) is 0 Å². The van der Waals surface area contributed by atoms with Gasteiger partial charge < -0.3 is 19.1 Å². The number of methoxy groups -OCH3 is 3. The van der Waals surface area contributed by atoms with E-state index in [-0.39, 0.29) is 5.91 Å². The molecule has 10 nitrogen and oxygen atoms in total. The molecule has 11 heteroatoms. The maximum Gasteiger partial charge on any atom is 0.255 e. The summed E-state index contributed by atoms with van der Waals surface area (Å²) in [7, 11) is 4.80. The van der Waals surface area contributed by atoms with Crippen LogP contribution < -0.4 is 14.2 Å². The second kappa shape index (κ2) is 10.1. The number of benzene rings is 2. The quantitative estimate of drug-likeness (QED) is 0.517. The zero-order valence-electron chi connectivity index (χ0n) is 18.7. The molecular weight excluding hydrogens is 448 g/mol. The molecule has 1 saturated heterocycles. The number of carbonyl (C=O) groups excluding carboxylic acids is 1. The highest BCUT2D eigenvalue weighted by Gasteiger charge is 2.25. The van der Waals surface area contributed by atoms with E-state index in [2.05, 4.69) is 20.4 Å². The summed E-state index contributed by atoms with van der Waals surface area (Å²) in [5, 5.41) is 11.5. The molecule has 0 saturated carbocycles. The van der Waals surface area contributed by atoms with E-state index in [1.807, 2.05) is 17.0 Å². The third kappa shape index (κ3) is 4.71. The third-order valence-electron chi connectivity index (χ3n) is 5.63. The van der Waals surface area contributed by atoms with E-state index in [9.17, 15) is 4.79 Å². The van der Waals surface area contributed by atoms with Crippen LogP contribution in [0.25, 0.3) is 5.69 Å². The van der Waals surface area contributed by atoms with Gasteiger partial charge in [0, 0.05) is 38.3 Å². The number of tetrazole rings is 1. The van der Waals surface area contributed by atoms with Crippen molar-refractivity contribution in [2.75, 3.05) is 47.5 Å². The number of piperazine rings is 1. The molecule has 3 aromatic rings. The van der Waals surface area contributed by atoms with Gasteiger partial charge >= 0.3 is 0 Å². The average Bonchev–Trinajstić information content (AvgIpc) is 3.39. The van der Waals surface area contributed by atoms with Crippen molar-refractivity contribution in [2.45, 2.75) is 6.54 Å². The number of hydrogen-bond acceptors (Lipinski definition) is 8. The highest BCUT2D eigenvalue weighted by atomic mass is 35.5. The van der Waals surface area contributed by atoms with Gasteiger partial charge in [0.1, 0.15) is 6.33 Å². The van der Waals surface area contributed by atoms with Gasteiger partial charge in [-0.1, -0.05) is 17.7 Å². The Labute approximate surface area is 196 Å². The topological polar surface area (TPSA) is 94.8 Å². The van der Waals surface area contributed by atoms with Crippen molar-refractivity contribution in [1.29, 1.82) is 0 Å². The molecule has 0 spiro atoms. The van der Waals surface area contributed by atoms with Crippen LogP contribution >= 0.6 is 11.6 Å². The standard InChI is InChI=1S/C22H25ClN6O4/c1-31-19-7-4-15(20(32-2)21(19)33-3)13-27-8-10-28(11-9-27)22(30)17-12-16(5-6-18(17)23)29-14-24-25-26-29/h4-7,12,14H,8-11,13H2,1-3H3. The second-order valence-electron chi connectivity index (χ2n) is 7.48. The molecule has 2 heterocycles. The van der Waals surface area contributed by atoms with E-state index < -0.39 is 0 Å². The van der Waals surface area contributed by atoms with Crippen molar-refractivity contribution >= 4 is 17.5 Å². The Morgan fingerprint density at radius 2 is 1.76 bits per heavy atom. The first-order valence-corrected chi connectivity index (χ1v) is 10.8. The molecule has 2 aromatic carbocycles. The van der Waals surface area contributed by atoms with Gasteiger partial charge in [0.25, 0.3) is 5.91 Å². The smallest absolute Gasteiger partial charge is 0.255 e. The van der Waals surface area contributed by atoms with Gasteiger partial charge in [-0.25, -0.2) is 4.68 Å². The fraction of sp³-hybridized carbons (Fsp3) is 0.364. The average molecular weight is 473 g/mol. The largest absolute Gasteiger partial charge is 0.493 e. The summed E-state index contributed by atoms with van der Waals surface area (Å²) in [6, 6.07) is 9.01. The lowest BCUT2D eigenvalue weighted by Gasteiger charge is -2.35. The predicted octanol–water partition coefficient (Wildman–Crippen LogP) is 2.30. The number of rotatable bonds is 7. The number of carbonyl (C=O) groups is 1. The van der Waals surface area contributed by atoms with Gasteiger partial charge in [-0.2, -0.15) is 0 Å². The second-order valence-corrected chi connectivity index (χ2v) is 7.89. The lowest BCUT2D eigenvalue weighted by atomic mass is 10.1. The van der Waals surface area contributed by atoms with Crippen LogP contribution in [0.5, 0.6) is 17.2 Å². The summed E-state index contributed by atoms with van der Waals surface area (Å²) < 4.78 is 17.9. The van der Waals surface area contributed by atoms with Gasteiger partial charge in [-0.15, -0.1) is 5.10 Å². The van der Waals surface area contributed by atoms with Crippen LogP contribution in [0.3, 0.4) is 0 Å². The molecule has 0 radical (unpaired) electrons. The predicted molar refractivity (Wildman–Crippen MR) is 121 cm³/mol. The number of hydrogen-bond donors (Lipinski definition) is 0. The SMILES string of the molecule is COc1ccc(CN2CCN(C(=O)c3cc(-n4cnnn4)ccc3Cl)CC2)c(OC)c1OC. The number of nitrogens with zero attached hydrogens (tertiary/aromatic N) is 6. The van der Waals surface area contributed by atoms with E-state index in [0.29, 0.717) is 66.2 Å². The van der Waals surface area contributed by atoms with Crippen LogP contribution in [-0.4, -0.2) is 83.4 Å². The Hall–Kier alpha value is -3.37. The van der Waals surface area contributed by atoms with Gasteiger partial charge in [-0.05, 0) is 34.7 Å². The first-order chi connectivity index (χ1) is 16.0. The summed E-state index contributed by atoms with van der Waals surface area (Å²) in [5.74, 6) is 1.73. The summed E-state index contributed by atoms with van der Waals surface area (Å²) in [5.41, 5.74) is 2.10. The molecule has 0 atom stereocenters. The van der Waals surface area contributed by atoms with Crippen LogP contribution in [0.4, 0.5) is 0 Å². The monoisotopic (exact) mass is 472 g/mol. The first kappa shape index (κ1) is 22.8. The Balaban J connectivity index is 1.44. The molecule has 0 N–H and O–H groups in total. The highest BCUT2D eigenvalue weighted by Crippen LogP contribution is 2.40. The normalized spacial score (nSPS) is 14.2. The Bertz CT molecular complexity index is 1120. The highest BCUT2D eigenvalue weighted by molar-refractivity contribution is 6.33. The summed E-state index contributed by atoms with van der Waals surface area (Å²) in [6.07, 6.45) is 1.47. The molecule has 1 aromatic heterocycles. The molecule has 33 heavy (non-hydrogen) atoms. The lowest BCUT2D eigenvalue weighted by Crippen LogP contribution is -2.48. The van der Waals surface area contributed by atoms with Gasteiger partial charge in [-0.3, -0.25) is 9.69 Å². The number of halogens is 1. The molecule has 1 fully saturated rings. The molecule has 1 aliphatic rings. The van der Waals surface area contributed by atoms with E-state index in [4.69, 9.17) is 25.8 Å². The van der Waals surface area contributed by atoms with Crippen molar-refractivity contribution < 1.29 is 19.0 Å². The molecule has 174 valence electrons. The van der Waals surface area contributed by atoms with E-state index in [1.54, 1.807) is 39.5 Å². The number of ether oxygens (including phenoxy) is 3. The Morgan fingerprint density at radius 3 is 2.39 bits per heavy atom. The molecule has 0 aliphatic carbocycles. The molecular formula is C22H25ClN6O4. The van der Waals surface area contributed by atoms with Crippen LogP contribution in [0, 0.1) is 0 Å². The fourth-order valence-corrected chi connectivity index (χ4v) is 4.11. The Morgan fingerprint density at radius 1 is 1.00 bits per heavy atom. The summed E-state index contributed by atoms with van der Waals surface area (Å²) in [6.45, 7) is 3.27. The lowest BCUT2D eigenvalue weighted by molar-refractivity contribution is 0.0627. The van der Waals surface area contributed by atoms with E-state index >= 15 is 0 Å². The molecule has 0 unspecified atom stereocenters. The van der Waals surface area contributed by atoms with Crippen molar-refractivity contribution in [3.8, 4) is 22.9 Å². The minimum Gasteiger partial charge on any atom is -0.493 e. The summed E-state index contributed by atoms with van der Waals surface area (Å²) >= 11 is 6.34. The number of aromatic nitrogens is 4. The van der Waals surface area contributed by atoms with E-state index in [0.717, 1.165) is 5.56 Å². The first-order valence-electron chi connectivity index (χ1n) is 10.4. The van der Waals surface area contributed by atoms with Crippen molar-refractivity contribution in [3.05, 3.63) is 52.8 Å². The number of amides is 1. The van der Waals surface area contributed by atoms with Crippen LogP contribution in [-0.2, 0) is 6.54 Å². The van der Waals surface area contributed by atoms with Gasteiger partial charge in [0.05, 0.1) is 37.6 Å². The summed E-state index contributed by atoms with van der Waals surface area (Å²) in [4.78, 5) is 17.3. The minimum atomic E-state index is -0.113. The fourth-order valence-electron chi connectivity index (χ4n) is 3.91. The van der Waals surface area contributed by atoms with Crippen molar-refractivity contribution in [1.82, 2.24) is 30.0 Å². The minimum absolute atomic E-state index is 0.113. The zero-order chi connectivity index (χ0) is 23.4. The van der Waals surface area contributed by atoms with Crippen LogP contribution in [0.2, 0.25) is 5.02 Å². The van der Waals surface area contributed by atoms with E-state index in [1.165, 1.54) is 11.0 Å². The Kier molecular flexibility index (Phi) is 6.95. The van der Waals surface area contributed by atoms with Crippen LogP contribution in [0.1, 0.15) is 15.9 Å². The molecule has 0 bridgehead atoms. The van der Waals surface area contributed by atoms with Gasteiger partial charge in [0.2, 0.25) is 5.75 Å². The maximum absolute atomic E-state index is 13.2. The van der Waals surface area contributed by atoms with Gasteiger partial charge in [0.15, 0.2) is 11.5 Å². The molecule has 4 rings (SSSR count). The van der Waals surface area contributed by atoms with Crippen molar-refractivity contribution in [2.24, 2.45) is 0 Å². The molecule has 1 amide bonds. The zero-order valence-corrected chi connectivity index (χ0v) is 19.4. The molecule has 1 aliphatic heterocycles. The maximum atomic E-state index is 13.2. The van der Waals surface area contributed by atoms with Crippen LogP contribution in [0.15, 0.2) is 36.7 Å².